The highest BCUT2D eigenvalue weighted by Gasteiger charge is 2.51. The molecule has 0 radical (unpaired) electrons. The molecule has 2 aromatic rings. The fraction of sp³-hybridized carbons (Fsp3) is 0.579. The lowest BCUT2D eigenvalue weighted by atomic mass is 9.69. The first kappa shape index (κ1) is 19.1. The van der Waals surface area contributed by atoms with Crippen LogP contribution in [0.25, 0.3) is 10.9 Å². The lowest BCUT2D eigenvalue weighted by molar-refractivity contribution is -0.135. The van der Waals surface area contributed by atoms with Gasteiger partial charge in [-0.15, -0.1) is 0 Å². The van der Waals surface area contributed by atoms with Crippen LogP contribution in [0.1, 0.15) is 45.2 Å². The molecule has 3 aliphatic rings. The first-order chi connectivity index (χ1) is 13.1. The van der Waals surface area contributed by atoms with Gasteiger partial charge in [0.1, 0.15) is 11.1 Å². The Kier molecular flexibility index (Phi) is 4.37. The molecule has 3 atom stereocenters. The molecule has 1 amide bonds. The summed E-state index contributed by atoms with van der Waals surface area (Å²) in [7, 11) is 1.61. The number of piperidine rings is 2. The van der Waals surface area contributed by atoms with Crippen molar-refractivity contribution in [3.8, 4) is 0 Å². The van der Waals surface area contributed by atoms with Gasteiger partial charge in [-0.2, -0.15) is 5.10 Å². The normalized spacial score (nSPS) is 24.9. The number of ether oxygens (including phenoxy) is 1. The number of aryl methyl sites for hydroxylation is 1. The van der Waals surface area contributed by atoms with Crippen molar-refractivity contribution in [1.29, 1.82) is 0 Å². The van der Waals surface area contributed by atoms with Gasteiger partial charge in [0, 0.05) is 25.2 Å². The molecule has 4 heterocycles. The van der Waals surface area contributed by atoms with Crippen molar-refractivity contribution in [2.24, 2.45) is 13.0 Å². The van der Waals surface area contributed by atoms with Gasteiger partial charge < -0.3 is 4.74 Å². The molecular formula is C19H22ClFN4O3. The third-order valence-corrected chi connectivity index (χ3v) is 5.72. The van der Waals surface area contributed by atoms with E-state index >= 15 is 0 Å². The van der Waals surface area contributed by atoms with E-state index in [1.54, 1.807) is 27.8 Å². The maximum Gasteiger partial charge on any atom is 0.410 e. The zero-order valence-corrected chi connectivity index (χ0v) is 17.0. The molecule has 5 rings (SSSR count). The van der Waals surface area contributed by atoms with E-state index in [1.165, 1.54) is 15.8 Å². The van der Waals surface area contributed by atoms with E-state index in [-0.39, 0.29) is 22.4 Å². The smallest absolute Gasteiger partial charge is 0.410 e. The summed E-state index contributed by atoms with van der Waals surface area (Å²) in [6, 6.07) is -0.549. The van der Waals surface area contributed by atoms with Crippen LogP contribution in [0.2, 0.25) is 5.15 Å². The number of aromatic nitrogens is 3. The number of pyridine rings is 1. The number of carbonyl (C=O) groups excluding carboxylic acids is 2. The SMILES string of the molecule is Cn1nc(C2C(=O)C3CCC2CN3C(=O)OC(C)(C)C)c2cnc(Cl)c(F)c21. The molecule has 2 aliphatic heterocycles. The number of nitrogens with zero attached hydrogens (tertiary/aromatic N) is 4. The van der Waals surface area contributed by atoms with Crippen molar-refractivity contribution in [3.05, 3.63) is 22.9 Å². The number of hydrogen-bond donors (Lipinski definition) is 0. The topological polar surface area (TPSA) is 77.3 Å². The molecule has 28 heavy (non-hydrogen) atoms. The van der Waals surface area contributed by atoms with Gasteiger partial charge in [0.25, 0.3) is 0 Å². The first-order valence-corrected chi connectivity index (χ1v) is 9.66. The molecular weight excluding hydrogens is 387 g/mol. The first-order valence-electron chi connectivity index (χ1n) is 9.28. The number of Topliss-reactive ketones (excluding diaryl/α,β-unsaturated/α-hetero) is 1. The molecule has 3 unspecified atom stereocenters. The maximum absolute atomic E-state index is 14.4. The highest BCUT2D eigenvalue weighted by Crippen LogP contribution is 2.44. The molecule has 1 saturated carbocycles. The number of hydrogen-bond acceptors (Lipinski definition) is 5. The third-order valence-electron chi connectivity index (χ3n) is 5.46. The molecule has 1 aliphatic carbocycles. The van der Waals surface area contributed by atoms with Crippen molar-refractivity contribution in [1.82, 2.24) is 19.7 Å². The van der Waals surface area contributed by atoms with Crippen molar-refractivity contribution >= 4 is 34.4 Å². The van der Waals surface area contributed by atoms with Gasteiger partial charge in [0.2, 0.25) is 0 Å². The van der Waals surface area contributed by atoms with Crippen LogP contribution in [-0.4, -0.2) is 49.7 Å². The van der Waals surface area contributed by atoms with Crippen LogP contribution in [0.5, 0.6) is 0 Å². The van der Waals surface area contributed by atoms with Crippen LogP contribution in [0, 0.1) is 11.7 Å². The Morgan fingerprint density at radius 2 is 2.07 bits per heavy atom. The fourth-order valence-electron chi connectivity index (χ4n) is 4.34. The minimum absolute atomic E-state index is 0.0799. The zero-order chi connectivity index (χ0) is 20.4. The molecule has 9 heteroatoms. The largest absolute Gasteiger partial charge is 0.444 e. The zero-order valence-electron chi connectivity index (χ0n) is 16.2. The summed E-state index contributed by atoms with van der Waals surface area (Å²) >= 11 is 5.80. The number of fused-ring (bicyclic) bond motifs is 4. The van der Waals surface area contributed by atoms with Crippen molar-refractivity contribution in [2.45, 2.75) is 51.2 Å². The minimum atomic E-state index is -0.649. The van der Waals surface area contributed by atoms with E-state index in [9.17, 15) is 14.0 Å². The summed E-state index contributed by atoms with van der Waals surface area (Å²) in [4.78, 5) is 31.2. The van der Waals surface area contributed by atoms with Gasteiger partial charge in [-0.05, 0) is 39.5 Å². The lowest BCUT2D eigenvalue weighted by Crippen LogP contribution is -2.59. The lowest BCUT2D eigenvalue weighted by Gasteiger charge is -2.47. The molecule has 0 N–H and O–H groups in total. The highest BCUT2D eigenvalue weighted by molar-refractivity contribution is 6.30. The predicted octanol–water partition coefficient (Wildman–Crippen LogP) is 3.44. The number of halogens is 2. The Hall–Kier alpha value is -2.22. The average molecular weight is 409 g/mol. The van der Waals surface area contributed by atoms with Crippen molar-refractivity contribution in [3.63, 3.8) is 0 Å². The molecule has 0 aromatic carbocycles. The van der Waals surface area contributed by atoms with Gasteiger partial charge in [0.05, 0.1) is 17.7 Å². The van der Waals surface area contributed by atoms with Crippen molar-refractivity contribution in [2.75, 3.05) is 6.54 Å². The second kappa shape index (κ2) is 6.40. The second-order valence-corrected chi connectivity index (χ2v) is 8.86. The van der Waals surface area contributed by atoms with Crippen LogP contribution in [0.4, 0.5) is 9.18 Å². The van der Waals surface area contributed by atoms with Crippen LogP contribution < -0.4 is 0 Å². The molecule has 7 nitrogen and oxygen atoms in total. The van der Waals surface area contributed by atoms with E-state index in [2.05, 4.69) is 10.1 Å². The van der Waals surface area contributed by atoms with Crippen LogP contribution >= 0.6 is 11.6 Å². The fourth-order valence-corrected chi connectivity index (χ4v) is 4.48. The second-order valence-electron chi connectivity index (χ2n) is 8.50. The Morgan fingerprint density at radius 1 is 1.36 bits per heavy atom. The Labute approximate surface area is 166 Å². The average Bonchev–Trinajstić information content (AvgIpc) is 2.94. The van der Waals surface area contributed by atoms with Crippen molar-refractivity contribution < 1.29 is 18.7 Å². The number of rotatable bonds is 1. The monoisotopic (exact) mass is 408 g/mol. The van der Waals surface area contributed by atoms with E-state index < -0.39 is 29.5 Å². The van der Waals surface area contributed by atoms with Crippen LogP contribution in [0.3, 0.4) is 0 Å². The van der Waals surface area contributed by atoms with E-state index in [0.717, 1.165) is 6.42 Å². The van der Waals surface area contributed by atoms with Gasteiger partial charge in [-0.25, -0.2) is 14.2 Å². The number of carbonyl (C=O) groups is 2. The Balaban J connectivity index is 1.70. The highest BCUT2D eigenvalue weighted by atomic mass is 35.5. The van der Waals surface area contributed by atoms with E-state index in [0.29, 0.717) is 24.0 Å². The summed E-state index contributed by atoms with van der Waals surface area (Å²) in [5, 5.41) is 4.69. The quantitative estimate of drug-likeness (QED) is 0.675. The van der Waals surface area contributed by atoms with Crippen LogP contribution in [0.15, 0.2) is 6.20 Å². The Bertz CT molecular complexity index is 984. The summed E-state index contributed by atoms with van der Waals surface area (Å²) in [6.45, 7) is 5.80. The van der Waals surface area contributed by atoms with Gasteiger partial charge in [-0.1, -0.05) is 11.6 Å². The summed E-state index contributed by atoms with van der Waals surface area (Å²) in [5.74, 6) is -1.32. The van der Waals surface area contributed by atoms with Gasteiger partial charge >= 0.3 is 6.09 Å². The number of amides is 1. The molecule has 2 bridgehead atoms. The van der Waals surface area contributed by atoms with Gasteiger partial charge in [0.15, 0.2) is 16.8 Å². The third kappa shape index (κ3) is 2.94. The summed E-state index contributed by atoms with van der Waals surface area (Å²) in [6.07, 6.45) is 2.38. The molecule has 2 saturated heterocycles. The minimum Gasteiger partial charge on any atom is -0.444 e. The molecule has 150 valence electrons. The molecule has 0 spiro atoms. The summed E-state index contributed by atoms with van der Waals surface area (Å²) < 4.78 is 21.3. The van der Waals surface area contributed by atoms with E-state index in [1.807, 2.05) is 0 Å². The molecule has 3 fully saturated rings. The number of ketones is 1. The predicted molar refractivity (Wildman–Crippen MR) is 101 cm³/mol. The molecule has 2 aromatic heterocycles. The van der Waals surface area contributed by atoms with Crippen LogP contribution in [-0.2, 0) is 16.6 Å². The standard InChI is InChI=1S/C19H22ClFN4O3/c1-19(2,3)28-18(27)25-8-9-5-6-11(25)16(26)12(9)14-10-7-22-17(20)13(21)15(10)24(4)23-14/h7,9,11-12H,5-6,8H2,1-4H3. The summed E-state index contributed by atoms with van der Waals surface area (Å²) in [5.41, 5.74) is 0.105. The van der Waals surface area contributed by atoms with E-state index in [4.69, 9.17) is 16.3 Å². The van der Waals surface area contributed by atoms with Gasteiger partial charge in [-0.3, -0.25) is 14.4 Å². The Morgan fingerprint density at radius 3 is 2.71 bits per heavy atom. The maximum atomic E-state index is 14.4.